The quantitative estimate of drug-likeness (QED) is 0.681. The lowest BCUT2D eigenvalue weighted by atomic mass is 10.1. The number of hydrogen-bond acceptors (Lipinski definition) is 2. The Bertz CT molecular complexity index is 1250. The number of amides is 1. The van der Waals surface area contributed by atoms with Crippen LogP contribution in [0.25, 0.3) is 10.9 Å². The van der Waals surface area contributed by atoms with Crippen LogP contribution in [0.5, 0.6) is 0 Å². The molecule has 0 bridgehead atoms. The number of nitrogens with one attached hydrogen (secondary N) is 1. The zero-order valence-corrected chi connectivity index (χ0v) is 17.0. The molecule has 0 atom stereocenters. The summed E-state index contributed by atoms with van der Waals surface area (Å²) in [5.41, 5.74) is 1.47. The second-order valence-electron chi connectivity index (χ2n) is 8.57. The monoisotopic (exact) mass is 411 g/mol. The van der Waals surface area contributed by atoms with Gasteiger partial charge in [-0.3, -0.25) is 9.59 Å². The number of rotatable bonds is 4. The number of aromatic nitrogens is 2. The predicted octanol–water partition coefficient (Wildman–Crippen LogP) is 4.62. The van der Waals surface area contributed by atoms with E-state index < -0.39 is 11.8 Å². The lowest BCUT2D eigenvalue weighted by Crippen LogP contribution is -2.30. The van der Waals surface area contributed by atoms with E-state index in [9.17, 15) is 18.4 Å². The Balaban J connectivity index is 1.63. The van der Waals surface area contributed by atoms with E-state index in [0.717, 1.165) is 12.8 Å². The molecule has 1 N–H and O–H groups in total. The van der Waals surface area contributed by atoms with E-state index in [4.69, 9.17) is 0 Å². The van der Waals surface area contributed by atoms with Crippen LogP contribution in [0.4, 0.5) is 14.5 Å². The predicted molar refractivity (Wildman–Crippen MR) is 111 cm³/mol. The number of aryl methyl sites for hydroxylation is 1. The fourth-order valence-corrected chi connectivity index (χ4v) is 4.50. The number of carbonyl (C=O) groups is 1. The van der Waals surface area contributed by atoms with E-state index in [-0.39, 0.29) is 29.5 Å². The van der Waals surface area contributed by atoms with Gasteiger partial charge < -0.3 is 14.5 Å². The SMILES string of the molecule is CCn1ccc2c(=O)n(C3(C)CC3)cc(C(=O)Nc3cccc4c3CCC4(F)F)c21. The van der Waals surface area contributed by atoms with Crippen LogP contribution in [0.15, 0.2) is 41.5 Å². The van der Waals surface area contributed by atoms with Crippen molar-refractivity contribution >= 4 is 22.5 Å². The third kappa shape index (κ3) is 2.71. The summed E-state index contributed by atoms with van der Waals surface area (Å²) < 4.78 is 31.8. The number of benzene rings is 1. The van der Waals surface area contributed by atoms with E-state index in [1.807, 2.05) is 24.6 Å². The van der Waals surface area contributed by atoms with Gasteiger partial charge in [0.15, 0.2) is 0 Å². The highest BCUT2D eigenvalue weighted by molar-refractivity contribution is 6.12. The summed E-state index contributed by atoms with van der Waals surface area (Å²) >= 11 is 0. The Kier molecular flexibility index (Phi) is 3.98. The van der Waals surface area contributed by atoms with Crippen LogP contribution in [0, 0.1) is 0 Å². The van der Waals surface area contributed by atoms with Crippen LogP contribution < -0.4 is 10.9 Å². The summed E-state index contributed by atoms with van der Waals surface area (Å²) in [6.45, 7) is 4.56. The van der Waals surface area contributed by atoms with Gasteiger partial charge in [0.2, 0.25) is 0 Å². The molecule has 30 heavy (non-hydrogen) atoms. The highest BCUT2D eigenvalue weighted by Gasteiger charge is 2.42. The topological polar surface area (TPSA) is 56.0 Å². The summed E-state index contributed by atoms with van der Waals surface area (Å²) in [6, 6.07) is 6.38. The lowest BCUT2D eigenvalue weighted by Gasteiger charge is -2.18. The molecule has 2 aromatic heterocycles. The van der Waals surface area contributed by atoms with Crippen molar-refractivity contribution in [1.29, 1.82) is 0 Å². The summed E-state index contributed by atoms with van der Waals surface area (Å²) in [7, 11) is 0. The van der Waals surface area contributed by atoms with Gasteiger partial charge in [-0.1, -0.05) is 12.1 Å². The Hall–Kier alpha value is -2.96. The van der Waals surface area contributed by atoms with E-state index in [2.05, 4.69) is 5.32 Å². The van der Waals surface area contributed by atoms with E-state index in [0.29, 0.717) is 34.3 Å². The highest BCUT2D eigenvalue weighted by atomic mass is 19.3. The zero-order chi connectivity index (χ0) is 21.3. The summed E-state index contributed by atoms with van der Waals surface area (Å²) in [5.74, 6) is -3.26. The van der Waals surface area contributed by atoms with Gasteiger partial charge in [-0.05, 0) is 50.8 Å². The van der Waals surface area contributed by atoms with Crippen molar-refractivity contribution in [3.05, 3.63) is 63.7 Å². The van der Waals surface area contributed by atoms with Crippen molar-refractivity contribution in [2.45, 2.75) is 57.5 Å². The third-order valence-corrected chi connectivity index (χ3v) is 6.57. The maximum absolute atomic E-state index is 14.1. The van der Waals surface area contributed by atoms with Crippen molar-refractivity contribution in [2.75, 3.05) is 5.32 Å². The Morgan fingerprint density at radius 3 is 2.67 bits per heavy atom. The highest BCUT2D eigenvalue weighted by Crippen LogP contribution is 2.44. The molecule has 7 heteroatoms. The molecule has 0 radical (unpaired) electrons. The minimum Gasteiger partial charge on any atom is -0.347 e. The Morgan fingerprint density at radius 1 is 1.20 bits per heavy atom. The molecule has 0 aliphatic heterocycles. The molecule has 1 aromatic carbocycles. The van der Waals surface area contributed by atoms with Crippen LogP contribution in [0.2, 0.25) is 0 Å². The van der Waals surface area contributed by atoms with E-state index >= 15 is 0 Å². The van der Waals surface area contributed by atoms with Crippen LogP contribution in [0.3, 0.4) is 0 Å². The number of hydrogen-bond donors (Lipinski definition) is 1. The molecule has 5 rings (SSSR count). The third-order valence-electron chi connectivity index (χ3n) is 6.57. The molecule has 156 valence electrons. The van der Waals surface area contributed by atoms with Gasteiger partial charge in [0.25, 0.3) is 17.4 Å². The number of nitrogens with zero attached hydrogens (tertiary/aromatic N) is 2. The first kappa shape index (κ1) is 19.0. The molecule has 2 aliphatic carbocycles. The lowest BCUT2D eigenvalue weighted by molar-refractivity contribution is -0.00184. The van der Waals surface area contributed by atoms with Crippen LogP contribution in [-0.4, -0.2) is 15.0 Å². The van der Waals surface area contributed by atoms with Gasteiger partial charge in [-0.25, -0.2) is 8.78 Å². The number of fused-ring (bicyclic) bond motifs is 2. The van der Waals surface area contributed by atoms with Gasteiger partial charge in [0.05, 0.1) is 16.5 Å². The average Bonchev–Trinajstić information content (AvgIpc) is 3.18. The number of carbonyl (C=O) groups excluding carboxylic acids is 1. The smallest absolute Gasteiger partial charge is 0.273 e. The normalized spacial score (nSPS) is 18.4. The minimum atomic E-state index is -2.87. The van der Waals surface area contributed by atoms with Gasteiger partial charge in [-0.2, -0.15) is 0 Å². The van der Waals surface area contributed by atoms with Gasteiger partial charge >= 0.3 is 0 Å². The van der Waals surface area contributed by atoms with E-state index in [1.165, 1.54) is 6.07 Å². The van der Waals surface area contributed by atoms with Crippen molar-refractivity contribution in [2.24, 2.45) is 0 Å². The van der Waals surface area contributed by atoms with Crippen molar-refractivity contribution in [1.82, 2.24) is 9.13 Å². The second kappa shape index (κ2) is 6.27. The van der Waals surface area contributed by atoms with Crippen LogP contribution in [0.1, 0.15) is 54.6 Å². The van der Waals surface area contributed by atoms with Crippen molar-refractivity contribution in [3.8, 4) is 0 Å². The van der Waals surface area contributed by atoms with Crippen LogP contribution >= 0.6 is 0 Å². The zero-order valence-electron chi connectivity index (χ0n) is 17.0. The Labute approximate surface area is 172 Å². The maximum Gasteiger partial charge on any atom is 0.273 e. The van der Waals surface area contributed by atoms with Crippen molar-refractivity contribution < 1.29 is 13.6 Å². The van der Waals surface area contributed by atoms with Crippen molar-refractivity contribution in [3.63, 3.8) is 0 Å². The number of anilines is 1. The number of halogens is 2. The van der Waals surface area contributed by atoms with E-state index in [1.54, 1.807) is 29.0 Å². The molecule has 1 fully saturated rings. The molecule has 1 amide bonds. The summed E-state index contributed by atoms with van der Waals surface area (Å²) in [6.07, 6.45) is 5.18. The standard InChI is InChI=1S/C23H23F2N3O2/c1-3-27-12-8-15-19(27)16(13-28(21(15)30)22(2)10-11-22)20(29)26-18-6-4-5-17-14(18)7-9-23(17,24)25/h4-6,8,12-13H,3,7,9-11H2,1-2H3,(H,26,29). The molecule has 2 aliphatic rings. The number of pyridine rings is 1. The molecule has 0 unspecified atom stereocenters. The molecule has 5 nitrogen and oxygen atoms in total. The fraction of sp³-hybridized carbons (Fsp3) is 0.391. The largest absolute Gasteiger partial charge is 0.347 e. The first-order chi connectivity index (χ1) is 14.2. The first-order valence-electron chi connectivity index (χ1n) is 10.3. The molecule has 3 aromatic rings. The van der Waals surface area contributed by atoms with Gasteiger partial charge in [0.1, 0.15) is 0 Å². The fourth-order valence-electron chi connectivity index (χ4n) is 4.50. The minimum absolute atomic E-state index is 0.0159. The first-order valence-corrected chi connectivity index (χ1v) is 10.3. The van der Waals surface area contributed by atoms with Gasteiger partial charge in [0, 0.05) is 42.1 Å². The summed E-state index contributed by atoms with van der Waals surface area (Å²) in [4.78, 5) is 26.4. The molecular weight excluding hydrogens is 388 g/mol. The molecule has 0 saturated heterocycles. The molecular formula is C23H23F2N3O2. The Morgan fingerprint density at radius 2 is 1.97 bits per heavy atom. The van der Waals surface area contributed by atoms with Gasteiger partial charge in [-0.15, -0.1) is 0 Å². The number of alkyl halides is 2. The molecule has 1 saturated carbocycles. The maximum atomic E-state index is 14.1. The van der Waals surface area contributed by atoms with Crippen LogP contribution in [-0.2, 0) is 24.4 Å². The molecule has 0 spiro atoms. The summed E-state index contributed by atoms with van der Waals surface area (Å²) in [5, 5.41) is 3.35. The second-order valence-corrected chi connectivity index (χ2v) is 8.57. The molecule has 2 heterocycles. The average molecular weight is 411 g/mol.